The van der Waals surface area contributed by atoms with Crippen LogP contribution >= 0.6 is 0 Å². The van der Waals surface area contributed by atoms with E-state index in [1.165, 1.54) is 7.11 Å². The van der Waals surface area contributed by atoms with Crippen LogP contribution in [0.2, 0.25) is 0 Å². The van der Waals surface area contributed by atoms with Crippen molar-refractivity contribution in [2.24, 2.45) is 0 Å². The molecule has 0 fully saturated rings. The summed E-state index contributed by atoms with van der Waals surface area (Å²) in [5, 5.41) is 0. The monoisotopic (exact) mass is 218 g/mol. The molecule has 0 radical (unpaired) electrons. The lowest BCUT2D eigenvalue weighted by atomic mass is 10.0. The number of methoxy groups -OCH3 is 2. The standard InChI is InChI=1S/C13H14O3/c1-8-4-5-9-6-11(13(14)16-3)12(15-2)7-10(8)9/h6-7H,1,4-5H2,2-3H3. The number of rotatable bonds is 2. The Morgan fingerprint density at radius 2 is 2.06 bits per heavy atom. The van der Waals surface area contributed by atoms with Crippen molar-refractivity contribution in [2.45, 2.75) is 12.8 Å². The van der Waals surface area contributed by atoms with E-state index in [1.807, 2.05) is 12.1 Å². The van der Waals surface area contributed by atoms with Gasteiger partial charge in [-0.1, -0.05) is 6.58 Å². The molecular weight excluding hydrogens is 204 g/mol. The molecule has 16 heavy (non-hydrogen) atoms. The maximum Gasteiger partial charge on any atom is 0.341 e. The Kier molecular flexibility index (Phi) is 2.69. The van der Waals surface area contributed by atoms with E-state index in [1.54, 1.807) is 7.11 Å². The van der Waals surface area contributed by atoms with Crippen LogP contribution in [0.15, 0.2) is 18.7 Å². The molecule has 1 aliphatic carbocycles. The highest BCUT2D eigenvalue weighted by Crippen LogP contribution is 2.35. The highest BCUT2D eigenvalue weighted by Gasteiger charge is 2.21. The summed E-state index contributed by atoms with van der Waals surface area (Å²) < 4.78 is 9.92. The Morgan fingerprint density at radius 3 is 2.69 bits per heavy atom. The number of carbonyl (C=O) groups excluding carboxylic acids is 1. The van der Waals surface area contributed by atoms with Gasteiger partial charge >= 0.3 is 5.97 Å². The number of ether oxygens (including phenoxy) is 2. The number of esters is 1. The summed E-state index contributed by atoms with van der Waals surface area (Å²) in [6.45, 7) is 3.99. The smallest absolute Gasteiger partial charge is 0.341 e. The molecule has 2 rings (SSSR count). The minimum absolute atomic E-state index is 0.364. The van der Waals surface area contributed by atoms with Crippen molar-refractivity contribution in [3.8, 4) is 5.75 Å². The quantitative estimate of drug-likeness (QED) is 0.715. The molecule has 1 aromatic rings. The molecule has 0 aromatic heterocycles. The summed E-state index contributed by atoms with van der Waals surface area (Å²) in [6.07, 6.45) is 1.88. The normalized spacial score (nSPS) is 13.5. The zero-order valence-electron chi connectivity index (χ0n) is 9.50. The fourth-order valence-corrected chi connectivity index (χ4v) is 2.02. The van der Waals surface area contributed by atoms with Gasteiger partial charge in [-0.25, -0.2) is 4.79 Å². The lowest BCUT2D eigenvalue weighted by molar-refractivity contribution is 0.0597. The lowest BCUT2D eigenvalue weighted by Gasteiger charge is -2.09. The summed E-state index contributed by atoms with van der Waals surface area (Å²) >= 11 is 0. The first kappa shape index (κ1) is 10.7. The molecule has 0 unspecified atom stereocenters. The number of hydrogen-bond acceptors (Lipinski definition) is 3. The summed E-state index contributed by atoms with van der Waals surface area (Å²) in [4.78, 5) is 11.5. The van der Waals surface area contributed by atoms with Gasteiger partial charge in [0.1, 0.15) is 11.3 Å². The van der Waals surface area contributed by atoms with Crippen molar-refractivity contribution < 1.29 is 14.3 Å². The maximum atomic E-state index is 11.5. The van der Waals surface area contributed by atoms with Gasteiger partial charge in [-0.2, -0.15) is 0 Å². The van der Waals surface area contributed by atoms with E-state index in [9.17, 15) is 4.79 Å². The molecule has 0 atom stereocenters. The Labute approximate surface area is 94.7 Å². The third-order valence-electron chi connectivity index (χ3n) is 2.91. The van der Waals surface area contributed by atoms with Gasteiger partial charge in [-0.3, -0.25) is 0 Å². The largest absolute Gasteiger partial charge is 0.496 e. The van der Waals surface area contributed by atoms with E-state index in [2.05, 4.69) is 6.58 Å². The molecule has 84 valence electrons. The van der Waals surface area contributed by atoms with Crippen LogP contribution in [-0.4, -0.2) is 20.2 Å². The second kappa shape index (κ2) is 4.00. The van der Waals surface area contributed by atoms with E-state index in [4.69, 9.17) is 9.47 Å². The van der Waals surface area contributed by atoms with Crippen molar-refractivity contribution in [1.29, 1.82) is 0 Å². The van der Waals surface area contributed by atoms with Crippen molar-refractivity contribution in [1.82, 2.24) is 0 Å². The van der Waals surface area contributed by atoms with E-state index in [0.29, 0.717) is 11.3 Å². The minimum atomic E-state index is -0.364. The van der Waals surface area contributed by atoms with Gasteiger partial charge in [0.15, 0.2) is 0 Å². The lowest BCUT2D eigenvalue weighted by Crippen LogP contribution is -2.05. The molecule has 0 saturated carbocycles. The number of carbonyl (C=O) groups is 1. The van der Waals surface area contributed by atoms with Crippen molar-refractivity contribution in [3.05, 3.63) is 35.4 Å². The van der Waals surface area contributed by atoms with Gasteiger partial charge in [-0.05, 0) is 41.7 Å². The molecule has 3 nitrogen and oxygen atoms in total. The molecule has 1 aromatic carbocycles. The number of aryl methyl sites for hydroxylation is 1. The van der Waals surface area contributed by atoms with Crippen LogP contribution in [0.5, 0.6) is 5.75 Å². The van der Waals surface area contributed by atoms with Gasteiger partial charge in [0.2, 0.25) is 0 Å². The average molecular weight is 218 g/mol. The van der Waals surface area contributed by atoms with E-state index in [-0.39, 0.29) is 5.97 Å². The highest BCUT2D eigenvalue weighted by molar-refractivity contribution is 5.94. The van der Waals surface area contributed by atoms with E-state index >= 15 is 0 Å². The molecule has 1 aliphatic rings. The molecule has 0 amide bonds. The van der Waals surface area contributed by atoms with Crippen LogP contribution in [-0.2, 0) is 11.2 Å². The Morgan fingerprint density at radius 1 is 1.31 bits per heavy atom. The first-order valence-corrected chi connectivity index (χ1v) is 5.14. The van der Waals surface area contributed by atoms with Gasteiger partial charge < -0.3 is 9.47 Å². The third kappa shape index (κ3) is 1.58. The van der Waals surface area contributed by atoms with Gasteiger partial charge in [0, 0.05) is 0 Å². The number of benzene rings is 1. The summed E-state index contributed by atoms with van der Waals surface area (Å²) in [6, 6.07) is 3.72. The minimum Gasteiger partial charge on any atom is -0.496 e. The zero-order chi connectivity index (χ0) is 11.7. The topological polar surface area (TPSA) is 35.5 Å². The molecule has 0 aliphatic heterocycles. The van der Waals surface area contributed by atoms with Crippen LogP contribution in [0.25, 0.3) is 5.57 Å². The van der Waals surface area contributed by atoms with Crippen molar-refractivity contribution in [2.75, 3.05) is 14.2 Å². The first-order valence-electron chi connectivity index (χ1n) is 5.14. The Balaban J connectivity index is 2.55. The predicted octanol–water partition coefficient (Wildman–Crippen LogP) is 2.44. The molecular formula is C13H14O3. The number of hydrogen-bond donors (Lipinski definition) is 0. The van der Waals surface area contributed by atoms with Crippen LogP contribution in [0.1, 0.15) is 27.9 Å². The van der Waals surface area contributed by atoms with Crippen LogP contribution in [0.3, 0.4) is 0 Å². The summed E-state index contributed by atoms with van der Waals surface area (Å²) in [5.41, 5.74) is 3.83. The number of fused-ring (bicyclic) bond motifs is 1. The molecule has 3 heteroatoms. The Bertz CT molecular complexity index is 460. The third-order valence-corrected chi connectivity index (χ3v) is 2.91. The summed E-state index contributed by atoms with van der Waals surface area (Å²) in [7, 11) is 2.92. The highest BCUT2D eigenvalue weighted by atomic mass is 16.5. The van der Waals surface area contributed by atoms with E-state index < -0.39 is 0 Å². The van der Waals surface area contributed by atoms with Crippen molar-refractivity contribution in [3.63, 3.8) is 0 Å². The maximum absolute atomic E-state index is 11.5. The fourth-order valence-electron chi connectivity index (χ4n) is 2.02. The van der Waals surface area contributed by atoms with Gasteiger partial charge in [0.25, 0.3) is 0 Å². The number of allylic oxidation sites excluding steroid dienone is 1. The second-order valence-electron chi connectivity index (χ2n) is 3.80. The molecule has 0 N–H and O–H groups in total. The van der Waals surface area contributed by atoms with Crippen LogP contribution < -0.4 is 4.74 Å². The molecule has 0 saturated heterocycles. The predicted molar refractivity (Wildman–Crippen MR) is 61.7 cm³/mol. The first-order chi connectivity index (χ1) is 7.67. The van der Waals surface area contributed by atoms with E-state index in [0.717, 1.165) is 29.5 Å². The van der Waals surface area contributed by atoms with Gasteiger partial charge in [0.05, 0.1) is 14.2 Å². The van der Waals surface area contributed by atoms with Crippen LogP contribution in [0, 0.1) is 0 Å². The second-order valence-corrected chi connectivity index (χ2v) is 3.80. The Hall–Kier alpha value is -1.77. The van der Waals surface area contributed by atoms with Gasteiger partial charge in [-0.15, -0.1) is 0 Å². The molecule has 0 heterocycles. The molecule has 0 spiro atoms. The summed E-state index contributed by atoms with van der Waals surface area (Å²) in [5.74, 6) is 0.186. The SMILES string of the molecule is C=C1CCc2cc(C(=O)OC)c(OC)cc21. The van der Waals surface area contributed by atoms with Crippen LogP contribution in [0.4, 0.5) is 0 Å². The fraction of sp³-hybridized carbons (Fsp3) is 0.308. The zero-order valence-corrected chi connectivity index (χ0v) is 9.50. The average Bonchev–Trinajstić information content (AvgIpc) is 2.68. The van der Waals surface area contributed by atoms with Crippen molar-refractivity contribution >= 4 is 11.5 Å². The molecule has 0 bridgehead atoms.